The standard InChI is InChI=1S/C16H23NO2/c1-5-19-14-9-10(2)15(12(4)11(14)3)16(18)13-7-6-8-17-13/h9,13,17H,5-8H2,1-4H3. The molecule has 3 nitrogen and oxygen atoms in total. The van der Waals surface area contributed by atoms with Gasteiger partial charge in [-0.2, -0.15) is 0 Å². The molecular formula is C16H23NO2. The average Bonchev–Trinajstić information content (AvgIpc) is 2.89. The van der Waals surface area contributed by atoms with Gasteiger partial charge in [-0.25, -0.2) is 0 Å². The van der Waals surface area contributed by atoms with Gasteiger partial charge in [0.25, 0.3) is 0 Å². The summed E-state index contributed by atoms with van der Waals surface area (Å²) < 4.78 is 5.63. The first-order valence-corrected chi connectivity index (χ1v) is 7.07. The molecule has 0 aromatic heterocycles. The van der Waals surface area contributed by atoms with Crippen molar-refractivity contribution in [2.24, 2.45) is 0 Å². The summed E-state index contributed by atoms with van der Waals surface area (Å²) in [6, 6.07) is 1.99. The summed E-state index contributed by atoms with van der Waals surface area (Å²) >= 11 is 0. The first-order chi connectivity index (χ1) is 9.06. The van der Waals surface area contributed by atoms with E-state index in [4.69, 9.17) is 4.74 Å². The number of ketones is 1. The Kier molecular flexibility index (Phi) is 4.25. The van der Waals surface area contributed by atoms with E-state index >= 15 is 0 Å². The highest BCUT2D eigenvalue weighted by Crippen LogP contribution is 2.29. The summed E-state index contributed by atoms with van der Waals surface area (Å²) in [6.07, 6.45) is 2.04. The first kappa shape index (κ1) is 14.1. The molecule has 1 fully saturated rings. The van der Waals surface area contributed by atoms with Crippen molar-refractivity contribution in [1.82, 2.24) is 5.32 Å². The van der Waals surface area contributed by atoms with E-state index < -0.39 is 0 Å². The molecule has 0 radical (unpaired) electrons. The predicted molar refractivity (Wildman–Crippen MR) is 77.2 cm³/mol. The van der Waals surface area contributed by atoms with Crippen LogP contribution in [-0.4, -0.2) is 25.0 Å². The van der Waals surface area contributed by atoms with Crippen LogP contribution in [0.15, 0.2) is 6.07 Å². The van der Waals surface area contributed by atoms with Crippen LogP contribution in [-0.2, 0) is 0 Å². The smallest absolute Gasteiger partial charge is 0.180 e. The van der Waals surface area contributed by atoms with Gasteiger partial charge in [-0.05, 0) is 69.8 Å². The molecule has 1 unspecified atom stereocenters. The number of benzene rings is 1. The van der Waals surface area contributed by atoms with Crippen LogP contribution in [0.1, 0.15) is 46.8 Å². The number of hydrogen-bond donors (Lipinski definition) is 1. The Labute approximate surface area is 115 Å². The summed E-state index contributed by atoms with van der Waals surface area (Å²) in [4.78, 5) is 12.6. The quantitative estimate of drug-likeness (QED) is 0.847. The van der Waals surface area contributed by atoms with E-state index in [0.29, 0.717) is 6.61 Å². The number of carbonyl (C=O) groups is 1. The zero-order valence-corrected chi connectivity index (χ0v) is 12.3. The van der Waals surface area contributed by atoms with Crippen LogP contribution in [0.25, 0.3) is 0 Å². The maximum absolute atomic E-state index is 12.6. The summed E-state index contributed by atoms with van der Waals surface area (Å²) in [6.45, 7) is 9.62. The lowest BCUT2D eigenvalue weighted by Crippen LogP contribution is -2.31. The van der Waals surface area contributed by atoms with Crippen molar-refractivity contribution in [3.05, 3.63) is 28.3 Å². The number of rotatable bonds is 4. The SMILES string of the molecule is CCOc1cc(C)c(C(=O)C2CCCN2)c(C)c1C. The molecule has 0 bridgehead atoms. The van der Waals surface area contributed by atoms with Gasteiger partial charge in [0, 0.05) is 5.56 Å². The van der Waals surface area contributed by atoms with Crippen molar-refractivity contribution in [2.45, 2.75) is 46.6 Å². The lowest BCUT2D eigenvalue weighted by atomic mass is 9.91. The van der Waals surface area contributed by atoms with E-state index in [-0.39, 0.29) is 11.8 Å². The molecule has 1 heterocycles. The Hall–Kier alpha value is -1.35. The van der Waals surface area contributed by atoms with Crippen LogP contribution in [0.3, 0.4) is 0 Å². The normalized spacial score (nSPS) is 18.6. The van der Waals surface area contributed by atoms with Crippen LogP contribution >= 0.6 is 0 Å². The van der Waals surface area contributed by atoms with Gasteiger partial charge in [-0.1, -0.05) is 0 Å². The monoisotopic (exact) mass is 261 g/mol. The summed E-state index contributed by atoms with van der Waals surface area (Å²) in [7, 11) is 0. The van der Waals surface area contributed by atoms with Crippen molar-refractivity contribution in [3.8, 4) is 5.75 Å². The number of aryl methyl sites for hydroxylation is 1. The summed E-state index contributed by atoms with van der Waals surface area (Å²) in [5.41, 5.74) is 4.03. The summed E-state index contributed by atoms with van der Waals surface area (Å²) in [5.74, 6) is 1.13. The molecule has 1 aliphatic heterocycles. The third-order valence-corrected chi connectivity index (χ3v) is 3.97. The van der Waals surface area contributed by atoms with E-state index in [9.17, 15) is 4.79 Å². The number of carbonyl (C=O) groups excluding carboxylic acids is 1. The van der Waals surface area contributed by atoms with E-state index in [1.54, 1.807) is 0 Å². The molecule has 2 rings (SSSR count). The van der Waals surface area contributed by atoms with Crippen molar-refractivity contribution in [2.75, 3.05) is 13.2 Å². The maximum Gasteiger partial charge on any atom is 0.180 e. The molecule has 1 N–H and O–H groups in total. The minimum absolute atomic E-state index is 0.00487. The Morgan fingerprint density at radius 1 is 1.37 bits per heavy atom. The molecule has 1 aromatic rings. The van der Waals surface area contributed by atoms with Crippen molar-refractivity contribution in [1.29, 1.82) is 0 Å². The van der Waals surface area contributed by atoms with Crippen molar-refractivity contribution < 1.29 is 9.53 Å². The first-order valence-electron chi connectivity index (χ1n) is 7.07. The second-order valence-electron chi connectivity index (χ2n) is 5.26. The number of ether oxygens (including phenoxy) is 1. The van der Waals surface area contributed by atoms with E-state index in [1.165, 1.54) is 0 Å². The van der Waals surface area contributed by atoms with Gasteiger partial charge in [0.05, 0.1) is 12.6 Å². The van der Waals surface area contributed by atoms with Crippen molar-refractivity contribution in [3.63, 3.8) is 0 Å². The Morgan fingerprint density at radius 2 is 2.11 bits per heavy atom. The molecule has 0 amide bonds. The Bertz CT molecular complexity index is 488. The van der Waals surface area contributed by atoms with Gasteiger partial charge in [0.15, 0.2) is 5.78 Å². The van der Waals surface area contributed by atoms with Crippen LogP contribution in [0.5, 0.6) is 5.75 Å². The van der Waals surface area contributed by atoms with Crippen LogP contribution in [0.2, 0.25) is 0 Å². The fraction of sp³-hybridized carbons (Fsp3) is 0.562. The van der Waals surface area contributed by atoms with Gasteiger partial charge in [0.2, 0.25) is 0 Å². The predicted octanol–water partition coefficient (Wildman–Crippen LogP) is 2.95. The van der Waals surface area contributed by atoms with Gasteiger partial charge >= 0.3 is 0 Å². The van der Waals surface area contributed by atoms with Gasteiger partial charge in [-0.15, -0.1) is 0 Å². The number of hydrogen-bond acceptors (Lipinski definition) is 3. The van der Waals surface area contributed by atoms with E-state index in [2.05, 4.69) is 5.32 Å². The Morgan fingerprint density at radius 3 is 2.68 bits per heavy atom. The molecule has 19 heavy (non-hydrogen) atoms. The lowest BCUT2D eigenvalue weighted by Gasteiger charge is -2.18. The van der Waals surface area contributed by atoms with Gasteiger partial charge in [0.1, 0.15) is 5.75 Å². The van der Waals surface area contributed by atoms with E-state index in [0.717, 1.165) is 47.4 Å². The molecule has 0 aliphatic carbocycles. The fourth-order valence-electron chi connectivity index (χ4n) is 2.81. The molecule has 0 saturated carbocycles. The zero-order valence-electron chi connectivity index (χ0n) is 12.3. The maximum atomic E-state index is 12.6. The molecule has 104 valence electrons. The van der Waals surface area contributed by atoms with Crippen LogP contribution in [0, 0.1) is 20.8 Å². The van der Waals surface area contributed by atoms with E-state index in [1.807, 2.05) is 33.8 Å². The second-order valence-corrected chi connectivity index (χ2v) is 5.26. The molecule has 1 saturated heterocycles. The minimum Gasteiger partial charge on any atom is -0.494 e. The van der Waals surface area contributed by atoms with Crippen LogP contribution in [0.4, 0.5) is 0 Å². The highest BCUT2D eigenvalue weighted by Gasteiger charge is 2.26. The second kappa shape index (κ2) is 5.74. The van der Waals surface area contributed by atoms with Crippen molar-refractivity contribution >= 4 is 5.78 Å². The highest BCUT2D eigenvalue weighted by atomic mass is 16.5. The molecule has 1 aliphatic rings. The zero-order chi connectivity index (χ0) is 14.0. The topological polar surface area (TPSA) is 38.3 Å². The van der Waals surface area contributed by atoms with Crippen LogP contribution < -0.4 is 10.1 Å². The highest BCUT2D eigenvalue weighted by molar-refractivity contribution is 6.03. The minimum atomic E-state index is -0.00487. The number of Topliss-reactive ketones (excluding diaryl/α,β-unsaturated/α-hetero) is 1. The lowest BCUT2D eigenvalue weighted by molar-refractivity contribution is 0.0951. The third kappa shape index (κ3) is 2.66. The third-order valence-electron chi connectivity index (χ3n) is 3.97. The Balaban J connectivity index is 2.40. The summed E-state index contributed by atoms with van der Waals surface area (Å²) in [5, 5.41) is 3.29. The molecule has 3 heteroatoms. The molecule has 1 aromatic carbocycles. The average molecular weight is 261 g/mol. The fourth-order valence-corrected chi connectivity index (χ4v) is 2.81. The van der Waals surface area contributed by atoms with Gasteiger partial charge in [-0.3, -0.25) is 4.79 Å². The molecular weight excluding hydrogens is 238 g/mol. The molecule has 0 spiro atoms. The largest absolute Gasteiger partial charge is 0.494 e. The van der Waals surface area contributed by atoms with Gasteiger partial charge < -0.3 is 10.1 Å². The number of nitrogens with one attached hydrogen (secondary N) is 1. The molecule has 1 atom stereocenters.